The van der Waals surface area contributed by atoms with Gasteiger partial charge in [-0.15, -0.1) is 11.3 Å². The van der Waals surface area contributed by atoms with Crippen LogP contribution in [0.3, 0.4) is 0 Å². The van der Waals surface area contributed by atoms with E-state index in [4.69, 9.17) is 4.99 Å². The summed E-state index contributed by atoms with van der Waals surface area (Å²) in [6, 6.07) is 4.33. The fourth-order valence-corrected chi connectivity index (χ4v) is 3.83. The van der Waals surface area contributed by atoms with Crippen molar-refractivity contribution in [2.24, 2.45) is 4.99 Å². The Bertz CT molecular complexity index is 756. The number of rotatable bonds is 3. The lowest BCUT2D eigenvalue weighted by atomic mass is 9.97. The van der Waals surface area contributed by atoms with Crippen LogP contribution in [0.4, 0.5) is 4.39 Å². The predicted octanol–water partition coefficient (Wildman–Crippen LogP) is 4.62. The highest BCUT2D eigenvalue weighted by Crippen LogP contribution is 2.35. The van der Waals surface area contributed by atoms with Gasteiger partial charge in [-0.2, -0.15) is 0 Å². The van der Waals surface area contributed by atoms with Crippen LogP contribution in [-0.2, 0) is 0 Å². The standard InChI is InChI=1S/C15H11Br2FN3S/c1-8-12(7-16)20-14(15-19-4-5-22-15)21-13(8)10-3-2-9(18)6-11(10)17/h2-6,13H,1,7H2,(H,20,21)/t13-/m1/s1. The number of hydrogen-bond donors (Lipinski definition) is 1. The van der Waals surface area contributed by atoms with Crippen molar-refractivity contribution in [1.29, 1.82) is 0 Å². The van der Waals surface area contributed by atoms with Crippen molar-refractivity contribution in [3.8, 4) is 0 Å². The van der Waals surface area contributed by atoms with Crippen molar-refractivity contribution in [1.82, 2.24) is 10.3 Å². The third-order valence-electron chi connectivity index (χ3n) is 3.27. The van der Waals surface area contributed by atoms with Crippen LogP contribution in [0.15, 0.2) is 50.5 Å². The maximum atomic E-state index is 13.3. The number of benzene rings is 1. The minimum atomic E-state index is -0.288. The molecule has 0 spiro atoms. The summed E-state index contributed by atoms with van der Waals surface area (Å²) in [7, 11) is 0. The van der Waals surface area contributed by atoms with Gasteiger partial charge < -0.3 is 5.32 Å². The molecule has 2 heterocycles. The minimum absolute atomic E-state index is 0.275. The first-order valence-corrected chi connectivity index (χ1v) is 9.20. The van der Waals surface area contributed by atoms with E-state index >= 15 is 0 Å². The maximum Gasteiger partial charge on any atom is 0.163 e. The summed E-state index contributed by atoms with van der Waals surface area (Å²) in [6.07, 6.45) is 1.74. The van der Waals surface area contributed by atoms with E-state index in [2.05, 4.69) is 49.1 Å². The summed E-state index contributed by atoms with van der Waals surface area (Å²) in [6.45, 7) is 4.14. The van der Waals surface area contributed by atoms with Gasteiger partial charge >= 0.3 is 0 Å². The van der Waals surface area contributed by atoms with Crippen LogP contribution in [-0.4, -0.2) is 16.1 Å². The lowest BCUT2D eigenvalue weighted by Crippen LogP contribution is -2.31. The van der Waals surface area contributed by atoms with E-state index in [0.717, 1.165) is 21.8 Å². The van der Waals surface area contributed by atoms with Crippen molar-refractivity contribution in [2.45, 2.75) is 6.04 Å². The Morgan fingerprint density at radius 2 is 2.23 bits per heavy atom. The third kappa shape index (κ3) is 3.02. The number of allylic oxidation sites excluding steroid dienone is 1. The molecule has 22 heavy (non-hydrogen) atoms. The number of nitrogens with one attached hydrogen (secondary N) is 1. The number of amidine groups is 1. The Morgan fingerprint density at radius 1 is 1.41 bits per heavy atom. The predicted molar refractivity (Wildman–Crippen MR) is 94.8 cm³/mol. The molecule has 7 heteroatoms. The molecule has 2 aromatic rings. The van der Waals surface area contributed by atoms with Crippen LogP contribution in [0, 0.1) is 12.7 Å². The molecule has 0 bridgehead atoms. The number of alkyl halides is 1. The molecule has 1 aromatic heterocycles. The van der Waals surface area contributed by atoms with Crippen LogP contribution >= 0.6 is 43.2 Å². The van der Waals surface area contributed by atoms with Gasteiger partial charge in [0.15, 0.2) is 10.8 Å². The lowest BCUT2D eigenvalue weighted by Gasteiger charge is -2.26. The van der Waals surface area contributed by atoms with Gasteiger partial charge in [-0.3, -0.25) is 4.99 Å². The zero-order valence-electron chi connectivity index (χ0n) is 11.3. The molecule has 3 rings (SSSR count). The van der Waals surface area contributed by atoms with E-state index in [1.807, 2.05) is 5.38 Å². The monoisotopic (exact) mass is 442 g/mol. The van der Waals surface area contributed by atoms with Gasteiger partial charge in [-0.05, 0) is 30.2 Å². The summed E-state index contributed by atoms with van der Waals surface area (Å²) in [5.74, 6) is 0.419. The second-order valence-electron chi connectivity index (χ2n) is 4.65. The third-order valence-corrected chi connectivity index (χ3v) is 5.30. The molecule has 0 saturated heterocycles. The summed E-state index contributed by atoms with van der Waals surface area (Å²) in [5.41, 5.74) is 2.67. The number of aromatic nitrogens is 1. The molecule has 1 radical (unpaired) electrons. The first-order chi connectivity index (χ1) is 10.6. The quantitative estimate of drug-likeness (QED) is 0.702. The van der Waals surface area contributed by atoms with Gasteiger partial charge in [0, 0.05) is 27.1 Å². The first-order valence-electron chi connectivity index (χ1n) is 6.40. The van der Waals surface area contributed by atoms with Gasteiger partial charge in [0.05, 0.1) is 0 Å². The van der Waals surface area contributed by atoms with Gasteiger partial charge in [-0.1, -0.05) is 37.9 Å². The SMILES string of the molecule is [CH2]C1=C(CBr)NC(c2nccs2)=N[C@H]1c1ccc(F)cc1Br. The van der Waals surface area contributed by atoms with Crippen LogP contribution in [0.5, 0.6) is 0 Å². The summed E-state index contributed by atoms with van der Waals surface area (Å²) in [4.78, 5) is 9.02. The zero-order valence-corrected chi connectivity index (χ0v) is 15.3. The van der Waals surface area contributed by atoms with Crippen molar-refractivity contribution in [3.05, 3.63) is 68.8 Å². The molecule has 0 fully saturated rings. The molecule has 0 amide bonds. The average molecular weight is 444 g/mol. The molecule has 1 aromatic carbocycles. The number of halogens is 3. The van der Waals surface area contributed by atoms with Gasteiger partial charge in [0.2, 0.25) is 0 Å². The van der Waals surface area contributed by atoms with Crippen LogP contribution in [0.2, 0.25) is 0 Å². The Labute approximate surface area is 148 Å². The molecular formula is C15H11Br2FN3S. The normalized spacial score (nSPS) is 18.2. The average Bonchev–Trinajstić information content (AvgIpc) is 3.02. The molecule has 0 aliphatic carbocycles. The number of hydrogen-bond acceptors (Lipinski definition) is 4. The zero-order chi connectivity index (χ0) is 15.7. The van der Waals surface area contributed by atoms with Crippen molar-refractivity contribution >= 4 is 49.0 Å². The molecule has 0 unspecified atom stereocenters. The number of thiazole rings is 1. The molecule has 1 N–H and O–H groups in total. The van der Waals surface area contributed by atoms with Crippen LogP contribution < -0.4 is 5.32 Å². The van der Waals surface area contributed by atoms with Crippen LogP contribution in [0.25, 0.3) is 0 Å². The molecule has 1 atom stereocenters. The lowest BCUT2D eigenvalue weighted by molar-refractivity contribution is 0.625. The Hall–Kier alpha value is -1.05. The van der Waals surface area contributed by atoms with Gasteiger partial charge in [-0.25, -0.2) is 9.37 Å². The van der Waals surface area contributed by atoms with E-state index < -0.39 is 0 Å². The summed E-state index contributed by atoms with van der Waals surface area (Å²) in [5, 5.41) is 6.61. The molecule has 0 saturated carbocycles. The molecule has 3 nitrogen and oxygen atoms in total. The molecule has 113 valence electrons. The fraction of sp³-hybridized carbons (Fsp3) is 0.133. The van der Waals surface area contributed by atoms with E-state index in [1.165, 1.54) is 23.5 Å². The summed E-state index contributed by atoms with van der Waals surface area (Å²) >= 11 is 8.40. The van der Waals surface area contributed by atoms with Crippen LogP contribution in [0.1, 0.15) is 16.6 Å². The first kappa shape index (κ1) is 15.8. The van der Waals surface area contributed by atoms with E-state index in [1.54, 1.807) is 12.3 Å². The highest BCUT2D eigenvalue weighted by Gasteiger charge is 2.25. The molecular weight excluding hydrogens is 433 g/mol. The van der Waals surface area contributed by atoms with E-state index in [9.17, 15) is 4.39 Å². The smallest absolute Gasteiger partial charge is 0.163 e. The Balaban J connectivity index is 2.09. The fourth-order valence-electron chi connectivity index (χ4n) is 2.18. The summed E-state index contributed by atoms with van der Waals surface area (Å²) < 4.78 is 14.0. The topological polar surface area (TPSA) is 37.3 Å². The van der Waals surface area contributed by atoms with Gasteiger partial charge in [0.1, 0.15) is 11.9 Å². The van der Waals surface area contributed by atoms with E-state index in [-0.39, 0.29) is 11.9 Å². The molecule has 1 aliphatic rings. The maximum absolute atomic E-state index is 13.3. The van der Waals surface area contributed by atoms with Crippen molar-refractivity contribution in [2.75, 3.05) is 5.33 Å². The Kier molecular flexibility index (Phi) is 4.75. The van der Waals surface area contributed by atoms with E-state index in [0.29, 0.717) is 15.6 Å². The Morgan fingerprint density at radius 3 is 2.86 bits per heavy atom. The van der Waals surface area contributed by atoms with Crippen molar-refractivity contribution in [3.63, 3.8) is 0 Å². The van der Waals surface area contributed by atoms with Crippen molar-refractivity contribution < 1.29 is 4.39 Å². The second-order valence-corrected chi connectivity index (χ2v) is 6.96. The second kappa shape index (κ2) is 6.60. The highest BCUT2D eigenvalue weighted by atomic mass is 79.9. The minimum Gasteiger partial charge on any atom is -0.341 e. The highest BCUT2D eigenvalue weighted by molar-refractivity contribution is 9.10. The number of nitrogens with zero attached hydrogens (tertiary/aromatic N) is 2. The number of aliphatic imine (C=N–C) groups is 1. The van der Waals surface area contributed by atoms with Gasteiger partial charge in [0.25, 0.3) is 0 Å². The molecule has 1 aliphatic heterocycles. The largest absolute Gasteiger partial charge is 0.341 e.